The molecule has 4 rings (SSSR count). The summed E-state index contributed by atoms with van der Waals surface area (Å²) in [5.74, 6) is 0.828. The van der Waals surface area contributed by atoms with Crippen molar-refractivity contribution >= 4 is 10.9 Å². The van der Waals surface area contributed by atoms with E-state index in [0.717, 1.165) is 24.7 Å². The summed E-state index contributed by atoms with van der Waals surface area (Å²) in [6.07, 6.45) is 4.45. The topological polar surface area (TPSA) is 31.9 Å². The van der Waals surface area contributed by atoms with Gasteiger partial charge in [0.25, 0.3) is 0 Å². The molecule has 3 aromatic rings. The molecule has 124 valence electrons. The van der Waals surface area contributed by atoms with Crippen LogP contribution in [0.15, 0.2) is 48.7 Å². The first kappa shape index (κ1) is 15.4. The van der Waals surface area contributed by atoms with Gasteiger partial charge in [-0.05, 0) is 57.0 Å². The number of nitrogens with one attached hydrogen (secondary N) is 1. The van der Waals surface area contributed by atoms with Gasteiger partial charge in [-0.15, -0.1) is 0 Å². The summed E-state index contributed by atoms with van der Waals surface area (Å²) in [5, 5.41) is 1.32. The molecule has 0 radical (unpaired) electrons. The minimum atomic E-state index is 0.231. The van der Waals surface area contributed by atoms with E-state index in [9.17, 15) is 0 Å². The van der Waals surface area contributed by atoms with Crippen molar-refractivity contribution in [2.45, 2.75) is 32.7 Å². The molecule has 1 N–H and O–H groups in total. The highest BCUT2D eigenvalue weighted by Gasteiger charge is 2.30. The molecule has 1 atom stereocenters. The second-order valence-corrected chi connectivity index (χ2v) is 7.08. The van der Waals surface area contributed by atoms with Crippen LogP contribution in [-0.2, 0) is 0 Å². The number of pyridine rings is 1. The van der Waals surface area contributed by atoms with Crippen LogP contribution in [0.5, 0.6) is 0 Å². The van der Waals surface area contributed by atoms with E-state index in [4.69, 9.17) is 4.98 Å². The summed E-state index contributed by atoms with van der Waals surface area (Å²) < 4.78 is 0. The number of hydrogen-bond donors (Lipinski definition) is 1. The van der Waals surface area contributed by atoms with Crippen molar-refractivity contribution in [2.75, 3.05) is 13.1 Å². The van der Waals surface area contributed by atoms with E-state index in [1.807, 2.05) is 12.3 Å². The number of aromatic amines is 1. The van der Waals surface area contributed by atoms with Gasteiger partial charge in [0, 0.05) is 28.4 Å². The lowest BCUT2D eigenvalue weighted by molar-refractivity contribution is 0.156. The number of hydrogen-bond acceptors (Lipinski definition) is 2. The molecule has 0 spiro atoms. The van der Waals surface area contributed by atoms with Crippen LogP contribution in [-0.4, -0.2) is 28.0 Å². The summed E-state index contributed by atoms with van der Waals surface area (Å²) in [7, 11) is 0. The summed E-state index contributed by atoms with van der Waals surface area (Å²) >= 11 is 0. The SMILES string of the molecule is Cc1[nH]c2ccccc2c1[C@H](c1ccccn1)N1CCC(C)CC1. The highest BCUT2D eigenvalue weighted by Crippen LogP contribution is 2.37. The van der Waals surface area contributed by atoms with Crippen LogP contribution in [0.25, 0.3) is 10.9 Å². The number of fused-ring (bicyclic) bond motifs is 1. The monoisotopic (exact) mass is 319 g/mol. The van der Waals surface area contributed by atoms with Gasteiger partial charge in [0.15, 0.2) is 0 Å². The smallest absolute Gasteiger partial charge is 0.0799 e. The highest BCUT2D eigenvalue weighted by molar-refractivity contribution is 5.85. The van der Waals surface area contributed by atoms with Crippen molar-refractivity contribution in [3.8, 4) is 0 Å². The van der Waals surface area contributed by atoms with Crippen molar-refractivity contribution < 1.29 is 0 Å². The Bertz CT molecular complexity index is 813. The second kappa shape index (κ2) is 6.40. The first-order valence-corrected chi connectivity index (χ1v) is 8.96. The number of nitrogens with zero attached hydrogens (tertiary/aromatic N) is 2. The van der Waals surface area contributed by atoms with E-state index in [-0.39, 0.29) is 6.04 Å². The number of rotatable bonds is 3. The largest absolute Gasteiger partial charge is 0.358 e. The molecule has 3 nitrogen and oxygen atoms in total. The van der Waals surface area contributed by atoms with Crippen LogP contribution in [0.3, 0.4) is 0 Å². The molecule has 1 aliphatic rings. The average molecular weight is 319 g/mol. The first-order chi connectivity index (χ1) is 11.7. The van der Waals surface area contributed by atoms with Crippen LogP contribution in [0.1, 0.15) is 42.8 Å². The summed E-state index contributed by atoms with van der Waals surface area (Å²) in [6, 6.07) is 15.1. The Morgan fingerprint density at radius 2 is 1.83 bits per heavy atom. The molecule has 24 heavy (non-hydrogen) atoms. The van der Waals surface area contributed by atoms with Crippen LogP contribution < -0.4 is 0 Å². The number of benzene rings is 1. The van der Waals surface area contributed by atoms with E-state index < -0.39 is 0 Å². The van der Waals surface area contributed by atoms with Crippen LogP contribution in [0.4, 0.5) is 0 Å². The third-order valence-corrected chi connectivity index (χ3v) is 5.37. The maximum absolute atomic E-state index is 4.72. The second-order valence-electron chi connectivity index (χ2n) is 7.08. The molecule has 2 aromatic heterocycles. The van der Waals surface area contributed by atoms with E-state index in [0.29, 0.717) is 0 Å². The van der Waals surface area contributed by atoms with Crippen molar-refractivity contribution in [3.63, 3.8) is 0 Å². The Morgan fingerprint density at radius 1 is 1.08 bits per heavy atom. The van der Waals surface area contributed by atoms with Gasteiger partial charge in [0.05, 0.1) is 11.7 Å². The number of para-hydroxylation sites is 1. The molecule has 1 aromatic carbocycles. The summed E-state index contributed by atoms with van der Waals surface area (Å²) in [4.78, 5) is 10.9. The zero-order chi connectivity index (χ0) is 16.5. The Hall–Kier alpha value is -2.13. The van der Waals surface area contributed by atoms with Crippen molar-refractivity contribution in [3.05, 3.63) is 65.6 Å². The lowest BCUT2D eigenvalue weighted by Gasteiger charge is -2.36. The zero-order valence-corrected chi connectivity index (χ0v) is 14.5. The molecule has 0 unspecified atom stereocenters. The Labute approximate surface area is 143 Å². The number of piperidine rings is 1. The van der Waals surface area contributed by atoms with Gasteiger partial charge in [-0.25, -0.2) is 0 Å². The standard InChI is InChI=1S/C21H25N3/c1-15-10-13-24(14-11-15)21(19-9-5-6-12-22-19)20-16(2)23-18-8-4-3-7-17(18)20/h3-9,12,15,21,23H,10-11,13-14H2,1-2H3/t21-/m0/s1. The molecule has 1 saturated heterocycles. The maximum Gasteiger partial charge on any atom is 0.0799 e. The minimum absolute atomic E-state index is 0.231. The van der Waals surface area contributed by atoms with E-state index in [2.05, 4.69) is 60.1 Å². The molecule has 0 bridgehead atoms. The highest BCUT2D eigenvalue weighted by atomic mass is 15.2. The van der Waals surface area contributed by atoms with Crippen molar-refractivity contribution in [2.24, 2.45) is 5.92 Å². The van der Waals surface area contributed by atoms with Gasteiger partial charge in [0.1, 0.15) is 0 Å². The molecular weight excluding hydrogens is 294 g/mol. The third kappa shape index (κ3) is 2.73. The van der Waals surface area contributed by atoms with Gasteiger partial charge >= 0.3 is 0 Å². The molecule has 3 heteroatoms. The Morgan fingerprint density at radius 3 is 2.58 bits per heavy atom. The molecule has 3 heterocycles. The van der Waals surface area contributed by atoms with Gasteiger partial charge in [-0.2, -0.15) is 0 Å². The van der Waals surface area contributed by atoms with Crippen molar-refractivity contribution in [1.29, 1.82) is 0 Å². The molecular formula is C21H25N3. The molecule has 1 fully saturated rings. The predicted molar refractivity (Wildman–Crippen MR) is 99.1 cm³/mol. The Balaban J connectivity index is 1.84. The lowest BCUT2D eigenvalue weighted by atomic mass is 9.93. The van der Waals surface area contributed by atoms with E-state index in [1.165, 1.54) is 35.0 Å². The van der Waals surface area contributed by atoms with E-state index in [1.54, 1.807) is 0 Å². The molecule has 0 saturated carbocycles. The van der Waals surface area contributed by atoms with Crippen LogP contribution in [0.2, 0.25) is 0 Å². The number of aryl methyl sites for hydroxylation is 1. The summed E-state index contributed by atoms with van der Waals surface area (Å²) in [5.41, 5.74) is 5.01. The Kier molecular flexibility index (Phi) is 4.11. The maximum atomic E-state index is 4.72. The fraction of sp³-hybridized carbons (Fsp3) is 0.381. The van der Waals surface area contributed by atoms with Crippen LogP contribution in [0, 0.1) is 12.8 Å². The van der Waals surface area contributed by atoms with Gasteiger partial charge in [-0.3, -0.25) is 9.88 Å². The van der Waals surface area contributed by atoms with Gasteiger partial charge in [-0.1, -0.05) is 31.2 Å². The third-order valence-electron chi connectivity index (χ3n) is 5.37. The molecule has 1 aliphatic heterocycles. The summed E-state index contributed by atoms with van der Waals surface area (Å²) in [6.45, 7) is 6.84. The lowest BCUT2D eigenvalue weighted by Crippen LogP contribution is -2.37. The fourth-order valence-electron chi connectivity index (χ4n) is 3.99. The van der Waals surface area contributed by atoms with Crippen molar-refractivity contribution in [1.82, 2.24) is 14.9 Å². The van der Waals surface area contributed by atoms with Gasteiger partial charge < -0.3 is 4.98 Å². The van der Waals surface area contributed by atoms with Crippen LogP contribution >= 0.6 is 0 Å². The predicted octanol–water partition coefficient (Wildman–Crippen LogP) is 4.69. The van der Waals surface area contributed by atoms with Gasteiger partial charge in [0.2, 0.25) is 0 Å². The quantitative estimate of drug-likeness (QED) is 0.759. The first-order valence-electron chi connectivity index (χ1n) is 8.96. The fourth-order valence-corrected chi connectivity index (χ4v) is 3.99. The minimum Gasteiger partial charge on any atom is -0.358 e. The number of H-pyrrole nitrogens is 1. The number of likely N-dealkylation sites (tertiary alicyclic amines) is 1. The normalized spacial score (nSPS) is 18.1. The van der Waals surface area contributed by atoms with E-state index >= 15 is 0 Å². The molecule has 0 amide bonds. The molecule has 0 aliphatic carbocycles. The number of aromatic nitrogens is 2. The zero-order valence-electron chi connectivity index (χ0n) is 14.5. The average Bonchev–Trinajstić information content (AvgIpc) is 2.94.